The van der Waals surface area contributed by atoms with Crippen LogP contribution < -0.4 is 11.3 Å². The molecular formula is C25H26Cl2N6O16P4. The highest BCUT2D eigenvalue weighted by atomic mass is 35.5. The minimum absolute atomic E-state index is 0.0194. The van der Waals surface area contributed by atoms with Crippen LogP contribution in [0.1, 0.15) is 37.8 Å². The van der Waals surface area contributed by atoms with E-state index in [2.05, 4.69) is 32.9 Å². The van der Waals surface area contributed by atoms with Gasteiger partial charge in [0.05, 0.1) is 40.5 Å². The summed E-state index contributed by atoms with van der Waals surface area (Å²) in [5.74, 6) is -0.838. The third-order valence-corrected chi connectivity index (χ3v) is 14.3. The lowest BCUT2D eigenvalue weighted by molar-refractivity contribution is -0.111. The number of phosphoric acid groups is 4. The molecule has 1 fully saturated rings. The molecule has 22 nitrogen and oxygen atoms in total. The number of Topliss-reactive ketones (excluding diaryl/α,β-unsaturated/α-hetero) is 1. The molecule has 0 spiro atoms. The van der Waals surface area contributed by atoms with E-state index in [4.69, 9.17) is 48.0 Å². The van der Waals surface area contributed by atoms with Gasteiger partial charge in [0.2, 0.25) is 11.7 Å². The van der Waals surface area contributed by atoms with Gasteiger partial charge in [-0.3, -0.25) is 23.7 Å². The predicted octanol–water partition coefficient (Wildman–Crippen LogP) is 3.60. The quantitative estimate of drug-likeness (QED) is 0.107. The van der Waals surface area contributed by atoms with Gasteiger partial charge in [0, 0.05) is 23.0 Å². The lowest BCUT2D eigenvalue weighted by Crippen LogP contribution is -2.37. The minimum Gasteiger partial charge on any atom is -0.369 e. The fraction of sp³-hybridized carbons (Fsp3) is 0.320. The van der Waals surface area contributed by atoms with Crippen LogP contribution in [0.5, 0.6) is 0 Å². The molecule has 3 unspecified atom stereocenters. The molecule has 0 bridgehead atoms. The Balaban J connectivity index is 1.35. The van der Waals surface area contributed by atoms with E-state index in [-0.39, 0.29) is 40.0 Å². The number of halogens is 2. The monoisotopic (exact) mass is 860 g/mol. The highest BCUT2D eigenvalue weighted by Gasteiger charge is 2.49. The lowest BCUT2D eigenvalue weighted by atomic mass is 9.70. The molecule has 8 N–H and O–H groups in total. The number of allylic oxidation sites excluding steroid dienone is 4. The molecule has 1 aromatic carbocycles. The molecule has 2 aromatic heterocycles. The molecule has 1 saturated heterocycles. The van der Waals surface area contributed by atoms with Crippen LogP contribution >= 0.6 is 54.5 Å². The molecule has 0 saturated carbocycles. The Morgan fingerprint density at radius 3 is 2.38 bits per heavy atom. The summed E-state index contributed by atoms with van der Waals surface area (Å²) in [4.78, 5) is 87.5. The fourth-order valence-electron chi connectivity index (χ4n) is 6.13. The fourth-order valence-corrected chi connectivity index (χ4v) is 11.3. The Hall–Kier alpha value is -2.71. The summed E-state index contributed by atoms with van der Waals surface area (Å²) < 4.78 is 71.0. The van der Waals surface area contributed by atoms with E-state index in [0.29, 0.717) is 28.1 Å². The Bertz CT molecular complexity index is 2440. The van der Waals surface area contributed by atoms with Gasteiger partial charge >= 0.3 is 31.3 Å². The third kappa shape index (κ3) is 7.88. The van der Waals surface area contributed by atoms with Gasteiger partial charge in [0.1, 0.15) is 0 Å². The molecule has 28 heteroatoms. The van der Waals surface area contributed by atoms with Gasteiger partial charge in [-0.1, -0.05) is 43.1 Å². The van der Waals surface area contributed by atoms with Crippen molar-refractivity contribution >= 4 is 88.8 Å². The molecule has 1 aliphatic carbocycles. The van der Waals surface area contributed by atoms with Crippen LogP contribution in [0.4, 0.5) is 11.6 Å². The Morgan fingerprint density at radius 2 is 1.70 bits per heavy atom. The highest BCUT2D eigenvalue weighted by Crippen LogP contribution is 2.70. The van der Waals surface area contributed by atoms with Crippen molar-refractivity contribution in [3.05, 3.63) is 67.7 Å². The normalized spacial score (nSPS) is 24.8. The molecule has 6 rings (SSSR count). The largest absolute Gasteiger partial charge is 0.490 e. The number of ether oxygens (including phenoxy) is 1. The van der Waals surface area contributed by atoms with Crippen molar-refractivity contribution in [2.24, 2.45) is 4.99 Å². The number of phosphoric ester groups is 1. The maximum absolute atomic E-state index is 12.7. The maximum Gasteiger partial charge on any atom is 0.490 e. The predicted molar refractivity (Wildman–Crippen MR) is 183 cm³/mol. The van der Waals surface area contributed by atoms with Crippen molar-refractivity contribution in [1.82, 2.24) is 19.5 Å². The summed E-state index contributed by atoms with van der Waals surface area (Å²) in [6.07, 6.45) is 1.62. The summed E-state index contributed by atoms with van der Waals surface area (Å²) in [6, 6.07) is 5.02. The number of benzene rings is 1. The smallest absolute Gasteiger partial charge is 0.369 e. The molecule has 0 amide bonds. The van der Waals surface area contributed by atoms with E-state index < -0.39 is 66.5 Å². The first kappa shape index (κ1) is 40.0. The van der Waals surface area contributed by atoms with Gasteiger partial charge < -0.3 is 34.9 Å². The number of carbonyl (C=O) groups is 1. The zero-order valence-electron chi connectivity index (χ0n) is 26.7. The van der Waals surface area contributed by atoms with E-state index in [9.17, 15) is 42.5 Å². The van der Waals surface area contributed by atoms with Gasteiger partial charge in [-0.25, -0.2) is 28.2 Å². The van der Waals surface area contributed by atoms with Gasteiger partial charge in [0.25, 0.3) is 5.56 Å². The topological polar surface area (TPSA) is 335 Å². The minimum atomic E-state index is -6.06. The van der Waals surface area contributed by atoms with Crippen molar-refractivity contribution in [3.8, 4) is 0 Å². The molecule has 4 heterocycles. The van der Waals surface area contributed by atoms with Crippen LogP contribution in [0.3, 0.4) is 0 Å². The lowest BCUT2D eigenvalue weighted by Gasteiger charge is -2.38. The number of aromatic amines is 1. The summed E-state index contributed by atoms with van der Waals surface area (Å²) in [6.45, 7) is 2.79. The number of aliphatic imine (C=N–C) groups is 1. The molecule has 53 heavy (non-hydrogen) atoms. The van der Waals surface area contributed by atoms with E-state index in [1.54, 1.807) is 18.2 Å². The first-order valence-electron chi connectivity index (χ1n) is 14.6. The number of nitrogen functional groups attached to an aromatic ring is 1. The van der Waals surface area contributed by atoms with Crippen molar-refractivity contribution in [1.29, 1.82) is 0 Å². The van der Waals surface area contributed by atoms with E-state index >= 15 is 0 Å². The van der Waals surface area contributed by atoms with Crippen LogP contribution in [-0.2, 0) is 56.4 Å². The summed E-state index contributed by atoms with van der Waals surface area (Å²) in [5.41, 5.74) is 4.75. The third-order valence-electron chi connectivity index (χ3n) is 8.17. The van der Waals surface area contributed by atoms with Crippen molar-refractivity contribution in [2.75, 3.05) is 12.3 Å². The summed E-state index contributed by atoms with van der Waals surface area (Å²) >= 11 is 12.6. The Labute approximate surface area is 306 Å². The Kier molecular flexibility index (Phi) is 10.2. The number of rotatable bonds is 11. The Morgan fingerprint density at radius 1 is 1.04 bits per heavy atom. The van der Waals surface area contributed by atoms with Crippen LogP contribution in [0, 0.1) is 0 Å². The second kappa shape index (κ2) is 13.5. The number of fused-ring (bicyclic) bond motifs is 3. The average Bonchev–Trinajstić information content (AvgIpc) is 3.62. The van der Waals surface area contributed by atoms with Crippen molar-refractivity contribution in [2.45, 2.75) is 43.9 Å². The number of nitrogens with zero attached hydrogens (tertiary/aromatic N) is 4. The molecular weight excluding hydrogens is 835 g/mol. The van der Waals surface area contributed by atoms with Gasteiger partial charge in [-0.15, -0.1) is 0 Å². The number of nitrogens with two attached hydrogens (primary N) is 1. The van der Waals surface area contributed by atoms with Crippen LogP contribution in [0.25, 0.3) is 11.2 Å². The molecule has 286 valence electrons. The second-order valence-electron chi connectivity index (χ2n) is 12.1. The maximum atomic E-state index is 12.7. The number of anilines is 1. The molecule has 3 aliphatic rings. The first-order valence-corrected chi connectivity index (χ1v) is 21.4. The van der Waals surface area contributed by atoms with Crippen LogP contribution in [0.2, 0.25) is 0 Å². The number of imidazole rings is 1. The summed E-state index contributed by atoms with van der Waals surface area (Å²) in [7, 11) is -23.5. The molecule has 3 aromatic rings. The van der Waals surface area contributed by atoms with Crippen LogP contribution in [0.15, 0.2) is 56.0 Å². The van der Waals surface area contributed by atoms with Gasteiger partial charge in [-0.2, -0.15) is 17.9 Å². The zero-order valence-corrected chi connectivity index (χ0v) is 31.8. The van der Waals surface area contributed by atoms with E-state index in [0.717, 1.165) is 0 Å². The SMILES string of the molecule is CC1(C)C2=C(Cl)C(=O)C(Cl)=CC2=Nc2ccc([C@]3(n4cnc5c(=O)[nH]c(N)nc54)CC[C@@H](COP(=O)(O)OP(=O)(O)OP(=O)(O)OP(=O)(O)O)O3)cc21. The van der Waals surface area contributed by atoms with E-state index in [1.807, 2.05) is 13.8 Å². The number of H-pyrrole nitrogens is 1. The van der Waals surface area contributed by atoms with Crippen LogP contribution in [-0.4, -0.2) is 68.2 Å². The van der Waals surface area contributed by atoms with E-state index in [1.165, 1.54) is 17.0 Å². The standard InChI is InChI=1S/C25H26Cl2N6O16P4/c1-24(2)13-7-11(3-4-15(13)30-16-8-14(26)20(34)18(27)17(16)24)25(33-10-29-19-21(33)31-23(28)32-22(19)35)6-5-12(46-25)9-45-51(39,40)48-53(43,44)49-52(41,42)47-50(36,37)38/h3-4,7-8,10,12H,5-6,9H2,1-2H3,(H,39,40)(H,41,42)(H,43,44)(H2,36,37,38)(H3,28,31,32,35)/t12-,25-/m0/s1. The number of ketones is 1. The molecule has 5 atom stereocenters. The molecule has 0 radical (unpaired) electrons. The van der Waals surface area contributed by atoms with Gasteiger partial charge in [0.15, 0.2) is 16.9 Å². The number of nitrogens with one attached hydrogen (secondary N) is 1. The van der Waals surface area contributed by atoms with Gasteiger partial charge in [-0.05, 0) is 30.2 Å². The average molecular weight is 861 g/mol. The number of hydrogen-bond donors (Lipinski definition) is 7. The number of hydrogen-bond acceptors (Lipinski definition) is 15. The highest BCUT2D eigenvalue weighted by molar-refractivity contribution is 7.69. The number of aromatic nitrogens is 4. The zero-order chi connectivity index (χ0) is 39.1. The second-order valence-corrected chi connectivity index (χ2v) is 18.9. The first-order chi connectivity index (χ1) is 24.3. The number of carbonyl (C=O) groups excluding carboxylic acids is 1. The van der Waals surface area contributed by atoms with Crippen molar-refractivity contribution < 1.29 is 69.7 Å². The molecule has 2 aliphatic heterocycles. The summed E-state index contributed by atoms with van der Waals surface area (Å²) in [5, 5.41) is -0.228. The van der Waals surface area contributed by atoms with Crippen molar-refractivity contribution in [3.63, 3.8) is 0 Å².